The molecular weight excluding hydrogens is 144 g/mol. The Morgan fingerprint density at radius 1 is 0.500 bits per heavy atom. The highest BCUT2D eigenvalue weighted by atomic mass is 14.6. The van der Waals surface area contributed by atoms with Gasteiger partial charge in [-0.15, -0.1) is 0 Å². The maximum Gasteiger partial charge on any atom is -0.0287 e. The summed E-state index contributed by atoms with van der Waals surface area (Å²) in [6.07, 6.45) is 15.7. The Morgan fingerprint density at radius 2 is 0.833 bits per heavy atom. The van der Waals surface area contributed by atoms with Gasteiger partial charge in [-0.3, -0.25) is 0 Å². The van der Waals surface area contributed by atoms with E-state index in [0.29, 0.717) is 0 Å². The van der Waals surface area contributed by atoms with Crippen molar-refractivity contribution in [3.63, 3.8) is 0 Å². The molecule has 0 unspecified atom stereocenters. The van der Waals surface area contributed by atoms with Gasteiger partial charge in [-0.2, -0.15) is 0 Å². The third kappa shape index (κ3) is 0.900. The monoisotopic (exact) mass is 164 g/mol. The molecule has 0 nitrogen and oxygen atoms in total. The van der Waals surface area contributed by atoms with Gasteiger partial charge < -0.3 is 0 Å². The van der Waals surface area contributed by atoms with Crippen LogP contribution < -0.4 is 0 Å². The first-order valence-electron chi connectivity index (χ1n) is 5.83. The smallest absolute Gasteiger partial charge is 0.0287 e. The van der Waals surface area contributed by atoms with Gasteiger partial charge in [-0.05, 0) is 49.4 Å². The van der Waals surface area contributed by atoms with Crippen molar-refractivity contribution in [3.05, 3.63) is 0 Å². The van der Waals surface area contributed by atoms with Crippen LogP contribution in [0.3, 0.4) is 0 Å². The molecule has 12 heavy (non-hydrogen) atoms. The van der Waals surface area contributed by atoms with E-state index in [4.69, 9.17) is 0 Å². The molecule has 0 aromatic rings. The van der Waals surface area contributed by atoms with Crippen LogP contribution >= 0.6 is 0 Å². The molecule has 0 bridgehead atoms. The molecule has 3 aliphatic rings. The molecule has 3 rings (SSSR count). The standard InChI is InChI=1S/C12H20/c1-2-6-11(5-1)9-12(10-11)7-3-4-8-12/h1-10H2. The van der Waals surface area contributed by atoms with E-state index in [1.165, 1.54) is 25.7 Å². The fourth-order valence-electron chi connectivity index (χ4n) is 4.50. The van der Waals surface area contributed by atoms with Crippen molar-refractivity contribution in [2.24, 2.45) is 10.8 Å². The average molecular weight is 164 g/mol. The minimum Gasteiger partial charge on any atom is -0.0528 e. The van der Waals surface area contributed by atoms with E-state index in [0.717, 1.165) is 10.8 Å². The van der Waals surface area contributed by atoms with Crippen molar-refractivity contribution >= 4 is 0 Å². The quantitative estimate of drug-likeness (QED) is 0.509. The normalized spacial score (nSPS) is 36.0. The summed E-state index contributed by atoms with van der Waals surface area (Å²) in [7, 11) is 0. The summed E-state index contributed by atoms with van der Waals surface area (Å²) < 4.78 is 0. The first-order valence-corrected chi connectivity index (χ1v) is 5.83. The molecule has 0 heterocycles. The van der Waals surface area contributed by atoms with Crippen molar-refractivity contribution in [1.29, 1.82) is 0 Å². The summed E-state index contributed by atoms with van der Waals surface area (Å²) in [5.74, 6) is 0. The molecule has 68 valence electrons. The van der Waals surface area contributed by atoms with E-state index in [2.05, 4.69) is 0 Å². The topological polar surface area (TPSA) is 0 Å². The van der Waals surface area contributed by atoms with E-state index in [1.807, 2.05) is 0 Å². The first kappa shape index (κ1) is 7.41. The highest BCUT2D eigenvalue weighted by molar-refractivity contribution is 5.06. The van der Waals surface area contributed by atoms with Crippen LogP contribution in [0.4, 0.5) is 0 Å². The predicted molar refractivity (Wildman–Crippen MR) is 51.0 cm³/mol. The van der Waals surface area contributed by atoms with E-state index in [9.17, 15) is 0 Å². The zero-order valence-corrected chi connectivity index (χ0v) is 8.07. The summed E-state index contributed by atoms with van der Waals surface area (Å²) in [5.41, 5.74) is 1.79. The second kappa shape index (κ2) is 2.27. The van der Waals surface area contributed by atoms with Gasteiger partial charge in [0.2, 0.25) is 0 Å². The molecular formula is C12H20. The SMILES string of the molecule is C1CCC2(C1)CC1(CCCC1)C2. The third-order valence-electron chi connectivity index (χ3n) is 4.83. The minimum atomic E-state index is 0.893. The summed E-state index contributed by atoms with van der Waals surface area (Å²) in [6, 6.07) is 0. The van der Waals surface area contributed by atoms with Crippen molar-refractivity contribution in [3.8, 4) is 0 Å². The number of hydrogen-bond acceptors (Lipinski definition) is 0. The molecule has 3 fully saturated rings. The Balaban J connectivity index is 1.69. The van der Waals surface area contributed by atoms with Crippen molar-refractivity contribution in [2.75, 3.05) is 0 Å². The van der Waals surface area contributed by atoms with Crippen LogP contribution in [0.5, 0.6) is 0 Å². The highest BCUT2D eigenvalue weighted by Crippen LogP contribution is 2.67. The molecule has 2 spiro atoms. The summed E-state index contributed by atoms with van der Waals surface area (Å²) in [6.45, 7) is 0. The van der Waals surface area contributed by atoms with Gasteiger partial charge >= 0.3 is 0 Å². The largest absolute Gasteiger partial charge is 0.0528 e. The maximum atomic E-state index is 1.62. The van der Waals surface area contributed by atoms with Crippen molar-refractivity contribution in [1.82, 2.24) is 0 Å². The molecule has 0 radical (unpaired) electrons. The molecule has 0 aromatic carbocycles. The lowest BCUT2D eigenvalue weighted by molar-refractivity contribution is -0.0308. The molecule has 3 aliphatic carbocycles. The second-order valence-corrected chi connectivity index (χ2v) is 5.77. The Bertz CT molecular complexity index is 150. The van der Waals surface area contributed by atoms with Gasteiger partial charge in [0, 0.05) is 0 Å². The molecule has 0 aromatic heterocycles. The molecule has 0 amide bonds. The molecule has 0 aliphatic heterocycles. The Labute approximate surface area is 75.7 Å². The average Bonchev–Trinajstić information content (AvgIpc) is 2.58. The fourth-order valence-corrected chi connectivity index (χ4v) is 4.50. The second-order valence-electron chi connectivity index (χ2n) is 5.77. The van der Waals surface area contributed by atoms with E-state index < -0.39 is 0 Å². The van der Waals surface area contributed by atoms with Crippen LogP contribution in [0.2, 0.25) is 0 Å². The Morgan fingerprint density at radius 3 is 1.17 bits per heavy atom. The van der Waals surface area contributed by atoms with E-state index >= 15 is 0 Å². The highest BCUT2D eigenvalue weighted by Gasteiger charge is 2.55. The van der Waals surface area contributed by atoms with Crippen LogP contribution in [0.1, 0.15) is 64.2 Å². The van der Waals surface area contributed by atoms with E-state index in [-0.39, 0.29) is 0 Å². The molecule has 0 heteroatoms. The number of rotatable bonds is 0. The van der Waals surface area contributed by atoms with Gasteiger partial charge in [0.1, 0.15) is 0 Å². The van der Waals surface area contributed by atoms with Crippen LogP contribution in [-0.4, -0.2) is 0 Å². The van der Waals surface area contributed by atoms with Gasteiger partial charge in [-0.1, -0.05) is 25.7 Å². The van der Waals surface area contributed by atoms with Crippen LogP contribution in [0.15, 0.2) is 0 Å². The van der Waals surface area contributed by atoms with Gasteiger partial charge in [0.15, 0.2) is 0 Å². The van der Waals surface area contributed by atoms with Crippen LogP contribution in [0.25, 0.3) is 0 Å². The van der Waals surface area contributed by atoms with Crippen LogP contribution in [-0.2, 0) is 0 Å². The van der Waals surface area contributed by atoms with Gasteiger partial charge in [-0.25, -0.2) is 0 Å². The Kier molecular flexibility index (Phi) is 1.40. The molecule has 0 N–H and O–H groups in total. The lowest BCUT2D eigenvalue weighted by Gasteiger charge is -2.54. The minimum absolute atomic E-state index is 0.893. The number of hydrogen-bond donors (Lipinski definition) is 0. The van der Waals surface area contributed by atoms with Crippen LogP contribution in [0, 0.1) is 10.8 Å². The molecule has 3 saturated carbocycles. The maximum absolute atomic E-state index is 1.62. The zero-order valence-electron chi connectivity index (χ0n) is 8.07. The first-order chi connectivity index (χ1) is 5.83. The molecule has 0 saturated heterocycles. The summed E-state index contributed by atoms with van der Waals surface area (Å²) >= 11 is 0. The van der Waals surface area contributed by atoms with Crippen molar-refractivity contribution in [2.45, 2.75) is 64.2 Å². The molecule has 0 atom stereocenters. The van der Waals surface area contributed by atoms with E-state index in [1.54, 1.807) is 38.5 Å². The Hall–Kier alpha value is 0. The van der Waals surface area contributed by atoms with Gasteiger partial charge in [0.25, 0.3) is 0 Å². The van der Waals surface area contributed by atoms with Gasteiger partial charge in [0.05, 0.1) is 0 Å². The zero-order chi connectivity index (χ0) is 8.07. The predicted octanol–water partition coefficient (Wildman–Crippen LogP) is 3.90. The fraction of sp³-hybridized carbons (Fsp3) is 1.00. The summed E-state index contributed by atoms with van der Waals surface area (Å²) in [4.78, 5) is 0. The lowest BCUT2D eigenvalue weighted by Crippen LogP contribution is -2.43. The lowest BCUT2D eigenvalue weighted by atomic mass is 9.51. The van der Waals surface area contributed by atoms with Crippen molar-refractivity contribution < 1.29 is 0 Å². The summed E-state index contributed by atoms with van der Waals surface area (Å²) in [5, 5.41) is 0. The third-order valence-corrected chi connectivity index (χ3v) is 4.83.